The van der Waals surface area contributed by atoms with E-state index in [2.05, 4.69) is 260 Å². The molecule has 0 saturated heterocycles. The summed E-state index contributed by atoms with van der Waals surface area (Å²) < 4.78 is 0. The van der Waals surface area contributed by atoms with Gasteiger partial charge in [0, 0.05) is 0 Å². The fourth-order valence-electron chi connectivity index (χ4n) is 11.7. The standard InChI is InChI=1S/C70H54/c1-69(2,3)52-39-48-27-25-46-29-33-55(58-35-31-50(41-52)62(48)65(46)58)56-23-16-24-57(68(56)61-34-30-47-26-28-49-40-53(70(4,5)6)42-51-32-36-59(61)66(47)63(49)51)60-38-37-54(43-17-10-7-11-18-43)64(44-19-12-8-13-20-44)67(60)45-21-14-9-15-22-45/h7-42H,1-6H3. The van der Waals surface area contributed by atoms with Crippen LogP contribution in [0.1, 0.15) is 52.7 Å². The molecule has 0 nitrogen and oxygen atoms in total. The molecular formula is C70H54. The van der Waals surface area contributed by atoms with Gasteiger partial charge >= 0.3 is 0 Å². The van der Waals surface area contributed by atoms with Crippen molar-refractivity contribution in [1.29, 1.82) is 0 Å². The van der Waals surface area contributed by atoms with Crippen molar-refractivity contribution >= 4 is 64.6 Å². The van der Waals surface area contributed by atoms with E-state index in [1.807, 2.05) is 0 Å². The monoisotopic (exact) mass is 894 g/mol. The lowest BCUT2D eigenvalue weighted by Gasteiger charge is -2.25. The summed E-state index contributed by atoms with van der Waals surface area (Å²) in [4.78, 5) is 0. The first-order valence-corrected chi connectivity index (χ1v) is 24.9. The molecule has 13 rings (SSSR count). The second-order valence-corrected chi connectivity index (χ2v) is 21.6. The SMILES string of the molecule is CC(C)(C)c1cc2ccc3ccc(-c4cccc(-c5ccc(-c6ccccc6)c(-c6ccccc6)c5-c5ccccc5)c4-c4ccc5ccc6cc(C(C)(C)C)cc7ccc4c5c67)c4ccc(c1)c2c34. The van der Waals surface area contributed by atoms with Gasteiger partial charge in [-0.15, -0.1) is 0 Å². The molecule has 0 heterocycles. The van der Waals surface area contributed by atoms with Gasteiger partial charge in [0.25, 0.3) is 0 Å². The van der Waals surface area contributed by atoms with Gasteiger partial charge in [-0.1, -0.05) is 260 Å². The smallest absolute Gasteiger partial charge is 0.00201 e. The van der Waals surface area contributed by atoms with Gasteiger partial charge in [0.15, 0.2) is 0 Å². The molecule has 0 amide bonds. The Kier molecular flexibility index (Phi) is 9.46. The Labute approximate surface area is 411 Å². The summed E-state index contributed by atoms with van der Waals surface area (Å²) in [5, 5.41) is 15.6. The van der Waals surface area contributed by atoms with E-state index in [9.17, 15) is 0 Å². The number of hydrogen-bond acceptors (Lipinski definition) is 0. The Bertz CT molecular complexity index is 4100. The summed E-state index contributed by atoms with van der Waals surface area (Å²) in [7, 11) is 0. The Morgan fingerprint density at radius 1 is 0.229 bits per heavy atom. The van der Waals surface area contributed by atoms with Crippen LogP contribution in [-0.4, -0.2) is 0 Å². The molecule has 0 radical (unpaired) electrons. The molecule has 0 atom stereocenters. The van der Waals surface area contributed by atoms with Crippen LogP contribution in [0.5, 0.6) is 0 Å². The highest BCUT2D eigenvalue weighted by Gasteiger charge is 2.26. The predicted molar refractivity (Wildman–Crippen MR) is 304 cm³/mol. The van der Waals surface area contributed by atoms with Crippen LogP contribution in [0.15, 0.2) is 218 Å². The first kappa shape index (κ1) is 42.1. The van der Waals surface area contributed by atoms with E-state index >= 15 is 0 Å². The Balaban J connectivity index is 1.17. The molecule has 13 aromatic carbocycles. The average molecular weight is 895 g/mol. The minimum absolute atomic E-state index is 0.0319. The van der Waals surface area contributed by atoms with Gasteiger partial charge < -0.3 is 0 Å². The first-order chi connectivity index (χ1) is 34.0. The van der Waals surface area contributed by atoms with E-state index in [1.165, 1.54) is 143 Å². The maximum Gasteiger partial charge on any atom is -0.00201 e. The van der Waals surface area contributed by atoms with Crippen molar-refractivity contribution in [2.24, 2.45) is 0 Å². The van der Waals surface area contributed by atoms with Crippen LogP contribution in [0.25, 0.3) is 131 Å². The highest BCUT2D eigenvalue weighted by Crippen LogP contribution is 2.53. The zero-order chi connectivity index (χ0) is 47.5. The van der Waals surface area contributed by atoms with Gasteiger partial charge in [0.1, 0.15) is 0 Å². The van der Waals surface area contributed by atoms with Crippen LogP contribution in [0.4, 0.5) is 0 Å². The lowest BCUT2D eigenvalue weighted by molar-refractivity contribution is 0.591. The maximum atomic E-state index is 2.42. The summed E-state index contributed by atoms with van der Waals surface area (Å²) in [6.45, 7) is 13.9. The summed E-state index contributed by atoms with van der Waals surface area (Å²) >= 11 is 0. The van der Waals surface area contributed by atoms with Crippen LogP contribution in [0.3, 0.4) is 0 Å². The number of rotatable bonds is 6. The molecule has 0 aliphatic carbocycles. The van der Waals surface area contributed by atoms with Crippen molar-refractivity contribution < 1.29 is 0 Å². The number of hydrogen-bond donors (Lipinski definition) is 0. The zero-order valence-corrected chi connectivity index (χ0v) is 40.8. The molecule has 13 aromatic rings. The summed E-state index contributed by atoms with van der Waals surface area (Å²) in [5.74, 6) is 0. The largest absolute Gasteiger partial charge is 0.0622 e. The third-order valence-corrected chi connectivity index (χ3v) is 15.3. The van der Waals surface area contributed by atoms with Crippen LogP contribution in [-0.2, 0) is 10.8 Å². The number of benzene rings is 13. The Hall–Kier alpha value is -8.06. The van der Waals surface area contributed by atoms with Crippen molar-refractivity contribution in [3.63, 3.8) is 0 Å². The van der Waals surface area contributed by atoms with Crippen molar-refractivity contribution in [3.8, 4) is 66.8 Å². The normalized spacial score (nSPS) is 12.4. The summed E-state index contributed by atoms with van der Waals surface area (Å²) in [6.07, 6.45) is 0. The van der Waals surface area contributed by atoms with E-state index in [0.29, 0.717) is 0 Å². The maximum absolute atomic E-state index is 2.42. The van der Waals surface area contributed by atoms with Gasteiger partial charge in [0.2, 0.25) is 0 Å². The second kappa shape index (κ2) is 15.7. The van der Waals surface area contributed by atoms with Gasteiger partial charge in [-0.2, -0.15) is 0 Å². The molecule has 70 heavy (non-hydrogen) atoms. The van der Waals surface area contributed by atoms with E-state index in [4.69, 9.17) is 0 Å². The predicted octanol–water partition coefficient (Wildman–Crippen LogP) is 20.1. The molecule has 0 spiro atoms. The van der Waals surface area contributed by atoms with Crippen LogP contribution >= 0.6 is 0 Å². The molecule has 0 aromatic heterocycles. The fraction of sp³-hybridized carbons (Fsp3) is 0.114. The third kappa shape index (κ3) is 6.65. The van der Waals surface area contributed by atoms with Gasteiger partial charge in [0.05, 0.1) is 0 Å². The van der Waals surface area contributed by atoms with Crippen LogP contribution in [0, 0.1) is 0 Å². The first-order valence-electron chi connectivity index (χ1n) is 24.9. The quantitative estimate of drug-likeness (QED) is 0.146. The van der Waals surface area contributed by atoms with Crippen molar-refractivity contribution in [1.82, 2.24) is 0 Å². The topological polar surface area (TPSA) is 0 Å². The van der Waals surface area contributed by atoms with Gasteiger partial charge in [-0.25, -0.2) is 0 Å². The van der Waals surface area contributed by atoms with Crippen molar-refractivity contribution in [3.05, 3.63) is 230 Å². The van der Waals surface area contributed by atoms with Gasteiger partial charge in [-0.3, -0.25) is 0 Å². The van der Waals surface area contributed by atoms with E-state index in [0.717, 1.165) is 0 Å². The van der Waals surface area contributed by atoms with Crippen molar-refractivity contribution in [2.45, 2.75) is 52.4 Å². The molecule has 334 valence electrons. The molecule has 0 unspecified atom stereocenters. The Morgan fingerprint density at radius 3 is 1.06 bits per heavy atom. The minimum Gasteiger partial charge on any atom is -0.0622 e. The molecule has 0 N–H and O–H groups in total. The molecule has 0 aliphatic rings. The molecular weight excluding hydrogens is 841 g/mol. The van der Waals surface area contributed by atoms with Crippen LogP contribution < -0.4 is 0 Å². The van der Waals surface area contributed by atoms with Crippen molar-refractivity contribution in [2.75, 3.05) is 0 Å². The molecule has 0 heteroatoms. The van der Waals surface area contributed by atoms with E-state index in [-0.39, 0.29) is 10.8 Å². The average Bonchev–Trinajstić information content (AvgIpc) is 3.39. The zero-order valence-electron chi connectivity index (χ0n) is 40.8. The molecule has 0 fully saturated rings. The van der Waals surface area contributed by atoms with E-state index < -0.39 is 0 Å². The highest BCUT2D eigenvalue weighted by molar-refractivity contribution is 6.29. The third-order valence-electron chi connectivity index (χ3n) is 15.3. The summed E-state index contributed by atoms with van der Waals surface area (Å²) in [5.41, 5.74) is 17.4. The van der Waals surface area contributed by atoms with E-state index in [1.54, 1.807) is 0 Å². The molecule has 0 aliphatic heterocycles. The fourth-order valence-corrected chi connectivity index (χ4v) is 11.7. The highest BCUT2D eigenvalue weighted by atomic mass is 14.3. The lowest BCUT2D eigenvalue weighted by Crippen LogP contribution is -2.10. The van der Waals surface area contributed by atoms with Crippen LogP contribution in [0.2, 0.25) is 0 Å². The Morgan fingerprint density at radius 2 is 0.571 bits per heavy atom. The minimum atomic E-state index is 0.0319. The molecule has 0 bridgehead atoms. The second-order valence-electron chi connectivity index (χ2n) is 21.6. The summed E-state index contributed by atoms with van der Waals surface area (Å²) in [6, 6.07) is 82.9. The van der Waals surface area contributed by atoms with Gasteiger partial charge in [-0.05, 0) is 153 Å². The molecule has 0 saturated carbocycles. The lowest BCUT2D eigenvalue weighted by atomic mass is 9.78.